The number of allylic oxidation sites excluding steroid dienone is 2. The summed E-state index contributed by atoms with van der Waals surface area (Å²) < 4.78 is 21.7. The van der Waals surface area contributed by atoms with E-state index in [1.807, 2.05) is 54.6 Å². The molecule has 1 atom stereocenters. The summed E-state index contributed by atoms with van der Waals surface area (Å²) in [6, 6.07) is 11.7. The molecule has 1 aliphatic heterocycles. The molecule has 0 aliphatic carbocycles. The van der Waals surface area contributed by atoms with E-state index in [1.165, 1.54) is 0 Å². The Morgan fingerprint density at radius 3 is 2.39 bits per heavy atom. The van der Waals surface area contributed by atoms with Gasteiger partial charge in [0.25, 0.3) is 0 Å². The zero-order valence-electron chi connectivity index (χ0n) is 17.8. The van der Waals surface area contributed by atoms with Gasteiger partial charge in [-0.15, -0.1) is 0 Å². The van der Waals surface area contributed by atoms with Crippen molar-refractivity contribution >= 4 is 28.7 Å². The van der Waals surface area contributed by atoms with E-state index in [-0.39, 0.29) is 6.10 Å². The van der Waals surface area contributed by atoms with Gasteiger partial charge in [-0.25, -0.2) is 0 Å². The van der Waals surface area contributed by atoms with Crippen molar-refractivity contribution in [3.8, 4) is 17.2 Å². The monoisotopic (exact) mass is 441 g/mol. The highest BCUT2D eigenvalue weighted by atomic mass is 32.1. The van der Waals surface area contributed by atoms with Gasteiger partial charge in [0.1, 0.15) is 6.10 Å². The van der Waals surface area contributed by atoms with Crippen molar-refractivity contribution < 1.29 is 18.9 Å². The molecular weight excluding hydrogens is 414 g/mol. The van der Waals surface area contributed by atoms with E-state index in [2.05, 4.69) is 16.0 Å². The van der Waals surface area contributed by atoms with Crippen molar-refractivity contribution in [2.45, 2.75) is 12.6 Å². The lowest BCUT2D eigenvalue weighted by atomic mass is 10.2. The van der Waals surface area contributed by atoms with Crippen LogP contribution in [0.1, 0.15) is 5.56 Å². The van der Waals surface area contributed by atoms with Crippen molar-refractivity contribution in [2.24, 2.45) is 0 Å². The molecule has 0 aromatic heterocycles. The fourth-order valence-electron chi connectivity index (χ4n) is 3.06. The Hall–Kier alpha value is -3.39. The zero-order valence-corrected chi connectivity index (χ0v) is 18.6. The molecular formula is C23H27N3O4S. The van der Waals surface area contributed by atoms with Crippen LogP contribution in [0.25, 0.3) is 0 Å². The maximum atomic E-state index is 5.51. The SMILES string of the molecule is COc1cc(CNC(=S)Nc2cccc(NCC3C=CC=CO3)c2)cc(OC)c1OC. The van der Waals surface area contributed by atoms with Gasteiger partial charge in [-0.05, 0) is 60.3 Å². The number of hydrogen-bond donors (Lipinski definition) is 3. The first-order chi connectivity index (χ1) is 15.1. The lowest BCUT2D eigenvalue weighted by Gasteiger charge is -2.17. The van der Waals surface area contributed by atoms with Gasteiger partial charge in [0.05, 0.1) is 34.1 Å². The second-order valence-electron chi connectivity index (χ2n) is 6.69. The molecule has 0 radical (unpaired) electrons. The average Bonchev–Trinajstić information content (AvgIpc) is 2.81. The van der Waals surface area contributed by atoms with Crippen molar-refractivity contribution in [2.75, 3.05) is 38.5 Å². The first-order valence-corrected chi connectivity index (χ1v) is 10.2. The molecule has 1 aliphatic rings. The minimum absolute atomic E-state index is 0.0165. The van der Waals surface area contributed by atoms with Crippen LogP contribution in [0.3, 0.4) is 0 Å². The van der Waals surface area contributed by atoms with Crippen molar-refractivity contribution in [3.05, 3.63) is 66.5 Å². The summed E-state index contributed by atoms with van der Waals surface area (Å²) >= 11 is 5.45. The molecule has 0 fully saturated rings. The minimum atomic E-state index is 0.0165. The molecule has 0 bridgehead atoms. The molecule has 7 nitrogen and oxygen atoms in total. The molecule has 1 heterocycles. The van der Waals surface area contributed by atoms with Gasteiger partial charge in [-0.1, -0.05) is 12.1 Å². The minimum Gasteiger partial charge on any atom is -0.493 e. The number of thiocarbonyl (C=S) groups is 1. The third-order valence-electron chi connectivity index (χ3n) is 4.57. The normalized spacial score (nSPS) is 14.4. The first kappa shape index (κ1) is 22.3. The second-order valence-corrected chi connectivity index (χ2v) is 7.10. The molecule has 0 spiro atoms. The third kappa shape index (κ3) is 6.29. The van der Waals surface area contributed by atoms with Gasteiger partial charge >= 0.3 is 0 Å². The highest BCUT2D eigenvalue weighted by Crippen LogP contribution is 2.38. The Bertz CT molecular complexity index is 937. The summed E-state index contributed by atoms with van der Waals surface area (Å²) in [5, 5.41) is 10.3. The van der Waals surface area contributed by atoms with E-state index >= 15 is 0 Å². The van der Waals surface area contributed by atoms with Crippen LogP contribution in [0.4, 0.5) is 11.4 Å². The number of methoxy groups -OCH3 is 3. The molecule has 164 valence electrons. The Morgan fingerprint density at radius 1 is 1.00 bits per heavy atom. The van der Waals surface area contributed by atoms with Gasteiger partial charge in [-0.2, -0.15) is 0 Å². The standard InChI is InChI=1S/C23H27N3O4S/c1-27-20-11-16(12-21(28-2)22(20)29-3)14-25-23(31)26-18-8-6-7-17(13-18)24-15-19-9-4-5-10-30-19/h4-13,19,24H,14-15H2,1-3H3,(H2,25,26,31). The summed E-state index contributed by atoms with van der Waals surface area (Å²) in [6.07, 6.45) is 7.57. The van der Waals surface area contributed by atoms with Gasteiger partial charge in [0.2, 0.25) is 5.75 Å². The molecule has 8 heteroatoms. The van der Waals surface area contributed by atoms with Crippen LogP contribution in [0.2, 0.25) is 0 Å². The lowest BCUT2D eigenvalue weighted by molar-refractivity contribution is 0.194. The van der Waals surface area contributed by atoms with Crippen LogP contribution in [-0.4, -0.2) is 39.1 Å². The maximum absolute atomic E-state index is 5.51. The van der Waals surface area contributed by atoms with E-state index in [4.69, 9.17) is 31.2 Å². The Kier molecular flexibility index (Phi) is 8.00. The van der Waals surface area contributed by atoms with Crippen LogP contribution in [-0.2, 0) is 11.3 Å². The molecule has 0 saturated heterocycles. The van der Waals surface area contributed by atoms with Crippen LogP contribution < -0.4 is 30.2 Å². The number of rotatable bonds is 9. The van der Waals surface area contributed by atoms with Crippen molar-refractivity contribution in [1.82, 2.24) is 5.32 Å². The van der Waals surface area contributed by atoms with Gasteiger partial charge < -0.3 is 34.9 Å². The maximum Gasteiger partial charge on any atom is 0.203 e. The van der Waals surface area contributed by atoms with Gasteiger partial charge in [-0.3, -0.25) is 0 Å². The molecule has 2 aromatic carbocycles. The predicted octanol–water partition coefficient (Wildman–Crippen LogP) is 4.08. The third-order valence-corrected chi connectivity index (χ3v) is 4.82. The van der Waals surface area contributed by atoms with Crippen LogP contribution in [0.15, 0.2) is 60.9 Å². The molecule has 3 N–H and O–H groups in total. The molecule has 31 heavy (non-hydrogen) atoms. The summed E-state index contributed by atoms with van der Waals surface area (Å²) in [4.78, 5) is 0. The van der Waals surface area contributed by atoms with Crippen LogP contribution in [0, 0.1) is 0 Å². The highest BCUT2D eigenvalue weighted by molar-refractivity contribution is 7.80. The second kappa shape index (κ2) is 11.1. The van der Waals surface area contributed by atoms with E-state index in [0.717, 1.165) is 16.9 Å². The van der Waals surface area contributed by atoms with E-state index in [0.29, 0.717) is 35.5 Å². The number of hydrogen-bond acceptors (Lipinski definition) is 6. The average molecular weight is 442 g/mol. The van der Waals surface area contributed by atoms with E-state index in [1.54, 1.807) is 27.6 Å². The first-order valence-electron chi connectivity index (χ1n) is 9.79. The molecule has 3 rings (SSSR count). The number of benzene rings is 2. The molecule has 0 saturated carbocycles. The number of nitrogens with one attached hydrogen (secondary N) is 3. The Morgan fingerprint density at radius 2 is 1.74 bits per heavy atom. The smallest absolute Gasteiger partial charge is 0.203 e. The fraction of sp³-hybridized carbons (Fsp3) is 0.261. The van der Waals surface area contributed by atoms with Gasteiger partial charge in [0, 0.05) is 17.9 Å². The summed E-state index contributed by atoms with van der Waals surface area (Å²) in [5.74, 6) is 1.76. The fourth-order valence-corrected chi connectivity index (χ4v) is 3.25. The summed E-state index contributed by atoms with van der Waals surface area (Å²) in [7, 11) is 4.76. The van der Waals surface area contributed by atoms with Crippen molar-refractivity contribution in [3.63, 3.8) is 0 Å². The molecule has 2 aromatic rings. The largest absolute Gasteiger partial charge is 0.493 e. The van der Waals surface area contributed by atoms with Crippen LogP contribution >= 0.6 is 12.2 Å². The summed E-state index contributed by atoms with van der Waals surface area (Å²) in [6.45, 7) is 1.17. The topological polar surface area (TPSA) is 73.0 Å². The number of anilines is 2. The molecule has 1 unspecified atom stereocenters. The Labute approximate surface area is 188 Å². The zero-order chi connectivity index (χ0) is 22.1. The molecule has 0 amide bonds. The van der Waals surface area contributed by atoms with E-state index < -0.39 is 0 Å². The summed E-state index contributed by atoms with van der Waals surface area (Å²) in [5.41, 5.74) is 2.81. The van der Waals surface area contributed by atoms with Gasteiger partial charge in [0.15, 0.2) is 16.6 Å². The predicted molar refractivity (Wildman–Crippen MR) is 127 cm³/mol. The lowest BCUT2D eigenvalue weighted by Crippen LogP contribution is -2.28. The van der Waals surface area contributed by atoms with E-state index in [9.17, 15) is 0 Å². The van der Waals surface area contributed by atoms with Crippen LogP contribution in [0.5, 0.6) is 17.2 Å². The quantitative estimate of drug-likeness (QED) is 0.503. The highest BCUT2D eigenvalue weighted by Gasteiger charge is 2.13. The number of ether oxygens (including phenoxy) is 4. The van der Waals surface area contributed by atoms with Crippen molar-refractivity contribution in [1.29, 1.82) is 0 Å². The Balaban J connectivity index is 1.55.